The van der Waals surface area contributed by atoms with Crippen LogP contribution in [-0.4, -0.2) is 73.1 Å². The highest BCUT2D eigenvalue weighted by atomic mass is 16.5. The first-order chi connectivity index (χ1) is 12.6. The molecule has 1 aromatic rings. The van der Waals surface area contributed by atoms with Gasteiger partial charge < -0.3 is 19.4 Å². The highest BCUT2D eigenvalue weighted by Crippen LogP contribution is 2.23. The first-order valence-electron chi connectivity index (χ1n) is 9.54. The molecule has 2 aliphatic rings. The standard InChI is InChI=1S/C19H29N3O4/c1-15(23)21-8-2-3-18(13-21)22(17-5-11-25-12-6-17)9-7-20-19(24)16-4-10-26-14-16/h4,10,14,17-18H,2-3,5-9,11-13H2,1H3,(H,20,24). The van der Waals surface area contributed by atoms with Gasteiger partial charge in [-0.15, -0.1) is 0 Å². The van der Waals surface area contributed by atoms with Gasteiger partial charge in [-0.2, -0.15) is 0 Å². The Balaban J connectivity index is 1.59. The van der Waals surface area contributed by atoms with E-state index in [4.69, 9.17) is 9.15 Å². The average Bonchev–Trinajstić information content (AvgIpc) is 3.21. The number of hydrogen-bond acceptors (Lipinski definition) is 5. The Morgan fingerprint density at radius 1 is 1.27 bits per heavy atom. The molecule has 0 radical (unpaired) electrons. The van der Waals surface area contributed by atoms with Gasteiger partial charge in [-0.3, -0.25) is 14.5 Å². The van der Waals surface area contributed by atoms with Gasteiger partial charge in [-0.25, -0.2) is 0 Å². The molecule has 2 aliphatic heterocycles. The summed E-state index contributed by atoms with van der Waals surface area (Å²) in [4.78, 5) is 28.4. The minimum Gasteiger partial charge on any atom is -0.472 e. The molecular weight excluding hydrogens is 334 g/mol. The van der Waals surface area contributed by atoms with E-state index in [0.29, 0.717) is 24.2 Å². The van der Waals surface area contributed by atoms with Gasteiger partial charge in [0, 0.05) is 58.4 Å². The van der Waals surface area contributed by atoms with Gasteiger partial charge in [-0.05, 0) is 31.7 Å². The number of furan rings is 1. The number of amides is 2. The van der Waals surface area contributed by atoms with Crippen LogP contribution in [0.2, 0.25) is 0 Å². The zero-order valence-corrected chi connectivity index (χ0v) is 15.5. The Labute approximate surface area is 154 Å². The van der Waals surface area contributed by atoms with Crippen molar-refractivity contribution in [2.45, 2.75) is 44.7 Å². The zero-order chi connectivity index (χ0) is 18.4. The topological polar surface area (TPSA) is 75.0 Å². The summed E-state index contributed by atoms with van der Waals surface area (Å²) in [6, 6.07) is 2.46. The number of nitrogens with one attached hydrogen (secondary N) is 1. The zero-order valence-electron chi connectivity index (χ0n) is 15.5. The summed E-state index contributed by atoms with van der Waals surface area (Å²) >= 11 is 0. The second-order valence-electron chi connectivity index (χ2n) is 7.11. The first-order valence-corrected chi connectivity index (χ1v) is 9.54. The third kappa shape index (κ3) is 4.86. The van der Waals surface area contributed by atoms with E-state index in [1.807, 2.05) is 4.90 Å². The number of nitrogens with zero attached hydrogens (tertiary/aromatic N) is 2. The van der Waals surface area contributed by atoms with E-state index in [0.717, 1.165) is 58.5 Å². The van der Waals surface area contributed by atoms with Crippen molar-refractivity contribution in [3.05, 3.63) is 24.2 Å². The van der Waals surface area contributed by atoms with Crippen molar-refractivity contribution in [3.63, 3.8) is 0 Å². The maximum atomic E-state index is 12.1. The van der Waals surface area contributed by atoms with Gasteiger partial charge in [-0.1, -0.05) is 0 Å². The maximum Gasteiger partial charge on any atom is 0.254 e. The molecule has 0 saturated carbocycles. The van der Waals surface area contributed by atoms with Crippen LogP contribution in [0.5, 0.6) is 0 Å². The van der Waals surface area contributed by atoms with E-state index < -0.39 is 0 Å². The van der Waals surface area contributed by atoms with Crippen molar-refractivity contribution in [2.24, 2.45) is 0 Å². The van der Waals surface area contributed by atoms with Crippen molar-refractivity contribution in [1.29, 1.82) is 0 Å². The Hall–Kier alpha value is -1.86. The molecule has 7 heteroatoms. The van der Waals surface area contributed by atoms with Gasteiger partial charge >= 0.3 is 0 Å². The van der Waals surface area contributed by atoms with Crippen LogP contribution in [0.15, 0.2) is 23.0 Å². The van der Waals surface area contributed by atoms with E-state index in [2.05, 4.69) is 10.2 Å². The van der Waals surface area contributed by atoms with Crippen molar-refractivity contribution < 1.29 is 18.7 Å². The second-order valence-corrected chi connectivity index (χ2v) is 7.11. The second kappa shape index (κ2) is 9.19. The van der Waals surface area contributed by atoms with Crippen molar-refractivity contribution >= 4 is 11.8 Å². The molecule has 0 spiro atoms. The molecular formula is C19H29N3O4. The lowest BCUT2D eigenvalue weighted by atomic mass is 9.98. The molecule has 1 unspecified atom stereocenters. The molecule has 26 heavy (non-hydrogen) atoms. The summed E-state index contributed by atoms with van der Waals surface area (Å²) in [5.41, 5.74) is 0.544. The van der Waals surface area contributed by atoms with E-state index in [-0.39, 0.29) is 11.8 Å². The van der Waals surface area contributed by atoms with E-state index in [1.165, 1.54) is 12.5 Å². The quantitative estimate of drug-likeness (QED) is 0.829. The van der Waals surface area contributed by atoms with Gasteiger partial charge in [0.05, 0.1) is 11.8 Å². The van der Waals surface area contributed by atoms with Crippen LogP contribution in [0.3, 0.4) is 0 Å². The van der Waals surface area contributed by atoms with Gasteiger partial charge in [0.2, 0.25) is 5.91 Å². The van der Waals surface area contributed by atoms with Crippen LogP contribution in [0.4, 0.5) is 0 Å². The van der Waals surface area contributed by atoms with E-state index in [9.17, 15) is 9.59 Å². The molecule has 1 aromatic heterocycles. The van der Waals surface area contributed by atoms with Gasteiger partial charge in [0.15, 0.2) is 0 Å². The monoisotopic (exact) mass is 363 g/mol. The molecule has 3 heterocycles. The van der Waals surface area contributed by atoms with E-state index >= 15 is 0 Å². The van der Waals surface area contributed by atoms with Crippen LogP contribution in [-0.2, 0) is 9.53 Å². The van der Waals surface area contributed by atoms with Crippen LogP contribution < -0.4 is 5.32 Å². The molecule has 2 amide bonds. The number of carbonyl (C=O) groups excluding carboxylic acids is 2. The number of likely N-dealkylation sites (tertiary alicyclic amines) is 1. The lowest BCUT2D eigenvalue weighted by Crippen LogP contribution is -2.55. The molecule has 2 fully saturated rings. The normalized spacial score (nSPS) is 21.8. The number of carbonyl (C=O) groups is 2. The largest absolute Gasteiger partial charge is 0.472 e. The fraction of sp³-hybridized carbons (Fsp3) is 0.684. The van der Waals surface area contributed by atoms with Crippen LogP contribution in [0.25, 0.3) is 0 Å². The SMILES string of the molecule is CC(=O)N1CCCC(N(CCNC(=O)c2ccoc2)C2CCOCC2)C1. The predicted molar refractivity (Wildman–Crippen MR) is 96.9 cm³/mol. The fourth-order valence-corrected chi connectivity index (χ4v) is 3.99. The maximum absolute atomic E-state index is 12.1. The highest BCUT2D eigenvalue weighted by Gasteiger charge is 2.31. The molecule has 2 saturated heterocycles. The number of piperidine rings is 1. The van der Waals surface area contributed by atoms with Crippen molar-refractivity contribution in [1.82, 2.24) is 15.1 Å². The number of rotatable bonds is 6. The Morgan fingerprint density at radius 2 is 2.08 bits per heavy atom. The average molecular weight is 363 g/mol. The summed E-state index contributed by atoms with van der Waals surface area (Å²) < 4.78 is 10.5. The molecule has 3 rings (SSSR count). The Bertz CT molecular complexity index is 584. The van der Waals surface area contributed by atoms with Crippen molar-refractivity contribution in [3.8, 4) is 0 Å². The lowest BCUT2D eigenvalue weighted by Gasteiger charge is -2.44. The number of ether oxygens (including phenoxy) is 1. The molecule has 144 valence electrons. The smallest absolute Gasteiger partial charge is 0.254 e. The molecule has 1 atom stereocenters. The molecule has 1 N–H and O–H groups in total. The van der Waals surface area contributed by atoms with Crippen LogP contribution in [0.1, 0.15) is 43.0 Å². The minimum atomic E-state index is -0.111. The third-order valence-electron chi connectivity index (χ3n) is 5.41. The highest BCUT2D eigenvalue weighted by molar-refractivity contribution is 5.93. The molecule has 0 bridgehead atoms. The third-order valence-corrected chi connectivity index (χ3v) is 5.41. The van der Waals surface area contributed by atoms with Gasteiger partial charge in [0.25, 0.3) is 5.91 Å². The van der Waals surface area contributed by atoms with Crippen LogP contribution in [0, 0.1) is 0 Å². The molecule has 0 aromatic carbocycles. The van der Waals surface area contributed by atoms with Crippen molar-refractivity contribution in [2.75, 3.05) is 39.4 Å². The van der Waals surface area contributed by atoms with Gasteiger partial charge in [0.1, 0.15) is 6.26 Å². The number of hydrogen-bond donors (Lipinski definition) is 1. The summed E-state index contributed by atoms with van der Waals surface area (Å²) in [5.74, 6) is 0.0366. The molecule has 7 nitrogen and oxygen atoms in total. The summed E-state index contributed by atoms with van der Waals surface area (Å²) in [7, 11) is 0. The lowest BCUT2D eigenvalue weighted by molar-refractivity contribution is -0.131. The minimum absolute atomic E-state index is 0.111. The fourth-order valence-electron chi connectivity index (χ4n) is 3.99. The summed E-state index contributed by atoms with van der Waals surface area (Å²) in [5, 5.41) is 2.98. The van der Waals surface area contributed by atoms with E-state index in [1.54, 1.807) is 13.0 Å². The van der Waals surface area contributed by atoms with Crippen LogP contribution >= 0.6 is 0 Å². The first kappa shape index (κ1) is 18.9. The summed E-state index contributed by atoms with van der Waals surface area (Å²) in [6.07, 6.45) is 7.10. The Morgan fingerprint density at radius 3 is 2.77 bits per heavy atom. The molecule has 0 aliphatic carbocycles. The predicted octanol–water partition coefficient (Wildman–Crippen LogP) is 1.50. The Kier molecular flexibility index (Phi) is 6.68. The summed E-state index contributed by atoms with van der Waals surface area (Å²) in [6.45, 7) is 6.21.